The van der Waals surface area contributed by atoms with Crippen molar-refractivity contribution in [3.05, 3.63) is 59.9 Å². The highest BCUT2D eigenvalue weighted by Crippen LogP contribution is 2.27. The molecule has 0 spiro atoms. The first-order chi connectivity index (χ1) is 16.9. The van der Waals surface area contributed by atoms with E-state index in [-0.39, 0.29) is 12.2 Å². The smallest absolute Gasteiger partial charge is 0.348 e. The maximum atomic E-state index is 14.2. The Hall–Kier alpha value is -3.13. The fraction of sp³-hybridized carbons (Fsp3) is 0.481. The van der Waals surface area contributed by atoms with Gasteiger partial charge in [0.05, 0.1) is 19.4 Å². The Morgan fingerprint density at radius 3 is 2.26 bits per heavy atom. The Labute approximate surface area is 206 Å². The molecule has 0 unspecified atom stereocenters. The second-order valence-corrected chi connectivity index (χ2v) is 8.54. The zero-order valence-electron chi connectivity index (χ0n) is 20.8. The quantitative estimate of drug-likeness (QED) is 0.273. The molecule has 2 aromatic rings. The summed E-state index contributed by atoms with van der Waals surface area (Å²) in [6.45, 7) is 4.22. The number of carbonyl (C=O) groups excluding carboxylic acids is 2. The lowest BCUT2D eigenvalue weighted by Gasteiger charge is -2.40. The van der Waals surface area contributed by atoms with Crippen LogP contribution in [0.3, 0.4) is 0 Å². The monoisotopic (exact) mass is 486 g/mol. The van der Waals surface area contributed by atoms with Gasteiger partial charge in [-0.3, -0.25) is 4.79 Å². The molecule has 0 bridgehead atoms. The number of halogens is 1. The highest BCUT2D eigenvalue weighted by atomic mass is 19.1. The van der Waals surface area contributed by atoms with Gasteiger partial charge in [0, 0.05) is 33.3 Å². The lowest BCUT2D eigenvalue weighted by molar-refractivity contribution is -0.179. The molecule has 35 heavy (non-hydrogen) atoms. The van der Waals surface area contributed by atoms with Crippen LogP contribution >= 0.6 is 0 Å². The Morgan fingerprint density at radius 1 is 0.971 bits per heavy atom. The summed E-state index contributed by atoms with van der Waals surface area (Å²) in [5, 5.41) is 0. The van der Waals surface area contributed by atoms with Gasteiger partial charge in [0.1, 0.15) is 11.6 Å². The predicted molar refractivity (Wildman–Crippen MR) is 132 cm³/mol. The van der Waals surface area contributed by atoms with E-state index in [0.29, 0.717) is 44.9 Å². The van der Waals surface area contributed by atoms with Crippen LogP contribution in [-0.2, 0) is 25.5 Å². The van der Waals surface area contributed by atoms with Crippen molar-refractivity contribution in [2.24, 2.45) is 0 Å². The summed E-state index contributed by atoms with van der Waals surface area (Å²) >= 11 is 0. The summed E-state index contributed by atoms with van der Waals surface area (Å²) in [5.41, 5.74) is -0.0155. The number of para-hydroxylation sites is 1. The number of unbranched alkanes of at least 4 members (excludes halogenated alkanes) is 1. The number of anilines is 1. The van der Waals surface area contributed by atoms with Gasteiger partial charge in [-0.05, 0) is 62.4 Å². The van der Waals surface area contributed by atoms with Crippen LogP contribution < -0.4 is 9.64 Å². The van der Waals surface area contributed by atoms with E-state index in [0.717, 1.165) is 24.2 Å². The number of hydrogen-bond donors (Lipinski definition) is 0. The molecule has 3 rings (SSSR count). The molecule has 190 valence electrons. The summed E-state index contributed by atoms with van der Waals surface area (Å²) in [7, 11) is 2.64. The molecule has 1 heterocycles. The first-order valence-electron chi connectivity index (χ1n) is 12.1. The van der Waals surface area contributed by atoms with Crippen LogP contribution in [0.5, 0.6) is 5.75 Å². The normalized spacial score (nSPS) is 15.4. The Kier molecular flexibility index (Phi) is 9.48. The fourth-order valence-electron chi connectivity index (χ4n) is 4.47. The molecule has 1 amide bonds. The Balaban J connectivity index is 1.60. The second-order valence-electron chi connectivity index (χ2n) is 8.54. The largest absolute Gasteiger partial charge is 0.494 e. The van der Waals surface area contributed by atoms with Crippen LogP contribution in [-0.4, -0.2) is 69.4 Å². The van der Waals surface area contributed by atoms with Crippen molar-refractivity contribution in [3.63, 3.8) is 0 Å². The average molecular weight is 487 g/mol. The van der Waals surface area contributed by atoms with Crippen LogP contribution in [0.25, 0.3) is 0 Å². The fourth-order valence-corrected chi connectivity index (χ4v) is 4.47. The van der Waals surface area contributed by atoms with Crippen molar-refractivity contribution < 1.29 is 28.2 Å². The molecule has 8 heteroatoms. The summed E-state index contributed by atoms with van der Waals surface area (Å²) in [6, 6.07) is 14.5. The zero-order chi connectivity index (χ0) is 25.3. The molecule has 0 N–H and O–H groups in total. The van der Waals surface area contributed by atoms with E-state index in [2.05, 4.69) is 0 Å². The molecule has 1 fully saturated rings. The van der Waals surface area contributed by atoms with E-state index in [4.69, 9.17) is 14.2 Å². The van der Waals surface area contributed by atoms with Crippen molar-refractivity contribution >= 4 is 17.6 Å². The summed E-state index contributed by atoms with van der Waals surface area (Å²) in [6.07, 6.45) is 2.42. The number of hydrogen-bond acceptors (Lipinski definition) is 6. The second kappa shape index (κ2) is 12.5. The molecule has 2 aromatic carbocycles. The van der Waals surface area contributed by atoms with E-state index in [1.54, 1.807) is 23.1 Å². The minimum Gasteiger partial charge on any atom is -0.494 e. The number of piperazine rings is 1. The van der Waals surface area contributed by atoms with Gasteiger partial charge in [-0.25, -0.2) is 9.18 Å². The molecule has 0 saturated carbocycles. The van der Waals surface area contributed by atoms with E-state index < -0.39 is 17.5 Å². The Bertz CT molecular complexity index is 976. The zero-order valence-corrected chi connectivity index (χ0v) is 20.8. The first-order valence-corrected chi connectivity index (χ1v) is 12.1. The third-order valence-electron chi connectivity index (χ3n) is 6.45. The molecule has 7 nitrogen and oxygen atoms in total. The molecule has 0 aromatic heterocycles. The van der Waals surface area contributed by atoms with Crippen LogP contribution in [0.1, 0.15) is 31.7 Å². The summed E-state index contributed by atoms with van der Waals surface area (Å²) in [4.78, 5) is 29.8. The minimum absolute atomic E-state index is 0.222. The van der Waals surface area contributed by atoms with E-state index in [9.17, 15) is 14.0 Å². The van der Waals surface area contributed by atoms with Crippen molar-refractivity contribution in [1.82, 2.24) is 4.90 Å². The minimum atomic E-state index is -1.69. The molecular formula is C27H35FN2O5. The molecule has 1 aliphatic rings. The van der Waals surface area contributed by atoms with Crippen molar-refractivity contribution in [3.8, 4) is 5.75 Å². The molecular weight excluding hydrogens is 451 g/mol. The van der Waals surface area contributed by atoms with Gasteiger partial charge >= 0.3 is 5.97 Å². The number of aryl methyl sites for hydroxylation is 1. The predicted octanol–water partition coefficient (Wildman–Crippen LogP) is 3.84. The van der Waals surface area contributed by atoms with Gasteiger partial charge in [-0.2, -0.15) is 0 Å². The number of amides is 1. The summed E-state index contributed by atoms with van der Waals surface area (Å²) < 4.78 is 30.2. The third kappa shape index (κ3) is 6.31. The summed E-state index contributed by atoms with van der Waals surface area (Å²) in [5.74, 6) is -0.551. The van der Waals surface area contributed by atoms with E-state index >= 15 is 0 Å². The number of methoxy groups -OCH3 is 2. The van der Waals surface area contributed by atoms with E-state index in [1.807, 2.05) is 36.1 Å². The Morgan fingerprint density at radius 2 is 1.66 bits per heavy atom. The number of ether oxygens (including phenoxy) is 3. The molecule has 1 saturated heterocycles. The number of carbonyl (C=O) groups is 2. The average Bonchev–Trinajstić information content (AvgIpc) is 2.90. The van der Waals surface area contributed by atoms with Gasteiger partial charge < -0.3 is 24.0 Å². The maximum absolute atomic E-state index is 14.2. The van der Waals surface area contributed by atoms with Gasteiger partial charge in [0.15, 0.2) is 0 Å². The number of esters is 1. The maximum Gasteiger partial charge on any atom is 0.348 e. The van der Waals surface area contributed by atoms with E-state index in [1.165, 1.54) is 20.3 Å². The first kappa shape index (κ1) is 26.5. The lowest BCUT2D eigenvalue weighted by Crippen LogP contribution is -2.60. The molecule has 0 radical (unpaired) electrons. The van der Waals surface area contributed by atoms with Gasteiger partial charge in [0.25, 0.3) is 5.91 Å². The third-order valence-corrected chi connectivity index (χ3v) is 6.45. The molecule has 1 atom stereocenters. The van der Waals surface area contributed by atoms with Gasteiger partial charge in [-0.15, -0.1) is 0 Å². The number of rotatable bonds is 11. The van der Waals surface area contributed by atoms with Crippen LogP contribution in [0.15, 0.2) is 48.5 Å². The van der Waals surface area contributed by atoms with Crippen LogP contribution in [0.2, 0.25) is 0 Å². The molecule has 1 aliphatic heterocycles. The number of nitrogens with zero attached hydrogens (tertiary/aromatic N) is 2. The SMILES string of the molecule is CCOc1ccc(CCCC[C@@](OC)(C(=O)OC)C(=O)N2CCN(c3ccccc3F)CC2)cc1. The highest BCUT2D eigenvalue weighted by Gasteiger charge is 2.49. The van der Waals surface area contributed by atoms with Crippen molar-refractivity contribution in [1.29, 1.82) is 0 Å². The van der Waals surface area contributed by atoms with Crippen molar-refractivity contribution in [2.45, 2.75) is 38.2 Å². The lowest BCUT2D eigenvalue weighted by atomic mass is 9.92. The van der Waals surface area contributed by atoms with Gasteiger partial charge in [0.2, 0.25) is 5.60 Å². The van der Waals surface area contributed by atoms with Crippen LogP contribution in [0, 0.1) is 5.82 Å². The van der Waals surface area contributed by atoms with Gasteiger partial charge in [-0.1, -0.05) is 24.3 Å². The van der Waals surface area contributed by atoms with Crippen molar-refractivity contribution in [2.75, 3.05) is 51.9 Å². The topological polar surface area (TPSA) is 68.3 Å². The highest BCUT2D eigenvalue weighted by molar-refractivity contribution is 6.06. The molecule has 0 aliphatic carbocycles. The number of benzene rings is 2. The standard InChI is InChI=1S/C27H35FN2O5/c1-4-35-22-14-12-21(13-15-22)9-7-8-16-27(34-3,26(32)33-2)25(31)30-19-17-29(18-20-30)24-11-6-5-10-23(24)28/h5-6,10-15H,4,7-9,16-20H2,1-3H3/t27-/m0/s1. The van der Waals surface area contributed by atoms with Crippen LogP contribution in [0.4, 0.5) is 10.1 Å².